The molecule has 0 atom stereocenters. The molecule has 0 aliphatic carbocycles. The zero-order valence-electron chi connectivity index (χ0n) is 14.5. The SMILES string of the molecule is C=C(C)COc1ccccc1C(=O)Nc1cccc(NC(=O)CC)c1. The number of hydrogen-bond donors (Lipinski definition) is 2. The van der Waals surface area contributed by atoms with Gasteiger partial charge in [0, 0.05) is 17.8 Å². The molecule has 5 heteroatoms. The van der Waals surface area contributed by atoms with E-state index in [9.17, 15) is 9.59 Å². The van der Waals surface area contributed by atoms with E-state index in [0.717, 1.165) is 5.57 Å². The second kappa shape index (κ2) is 8.68. The predicted molar refractivity (Wildman–Crippen MR) is 100 cm³/mol. The van der Waals surface area contributed by atoms with E-state index in [1.165, 1.54) is 0 Å². The van der Waals surface area contributed by atoms with Crippen LogP contribution in [0.15, 0.2) is 60.7 Å². The molecule has 0 bridgehead atoms. The minimum absolute atomic E-state index is 0.0815. The lowest BCUT2D eigenvalue weighted by molar-refractivity contribution is -0.115. The summed E-state index contributed by atoms with van der Waals surface area (Å²) in [6.45, 7) is 7.78. The van der Waals surface area contributed by atoms with Gasteiger partial charge in [0.05, 0.1) is 5.56 Å². The fraction of sp³-hybridized carbons (Fsp3) is 0.200. The number of rotatable bonds is 7. The highest BCUT2D eigenvalue weighted by atomic mass is 16.5. The van der Waals surface area contributed by atoms with Crippen molar-refractivity contribution >= 4 is 23.2 Å². The number of carbonyl (C=O) groups excluding carboxylic acids is 2. The Labute approximate surface area is 147 Å². The lowest BCUT2D eigenvalue weighted by Gasteiger charge is -2.12. The largest absolute Gasteiger partial charge is 0.488 e. The lowest BCUT2D eigenvalue weighted by atomic mass is 10.1. The minimum Gasteiger partial charge on any atom is -0.488 e. The van der Waals surface area contributed by atoms with Crippen LogP contribution in [0.25, 0.3) is 0 Å². The third kappa shape index (κ3) is 5.49. The minimum atomic E-state index is -0.281. The summed E-state index contributed by atoms with van der Waals surface area (Å²) in [4.78, 5) is 24.1. The van der Waals surface area contributed by atoms with Crippen molar-refractivity contribution in [2.75, 3.05) is 17.2 Å². The standard InChI is InChI=1S/C20H22N2O3/c1-4-19(23)21-15-8-7-9-16(12-15)22-20(24)17-10-5-6-11-18(17)25-13-14(2)3/h5-12H,2,4,13H2,1,3H3,(H,21,23)(H,22,24). The Hall–Kier alpha value is -3.08. The molecule has 0 heterocycles. The molecule has 0 unspecified atom stereocenters. The molecule has 0 radical (unpaired) electrons. The van der Waals surface area contributed by atoms with Gasteiger partial charge >= 0.3 is 0 Å². The van der Waals surface area contributed by atoms with Gasteiger partial charge in [0.2, 0.25) is 5.91 Å². The van der Waals surface area contributed by atoms with Crippen molar-refractivity contribution in [2.45, 2.75) is 20.3 Å². The quantitative estimate of drug-likeness (QED) is 0.742. The van der Waals surface area contributed by atoms with E-state index >= 15 is 0 Å². The Morgan fingerprint density at radius 2 is 1.72 bits per heavy atom. The first-order chi connectivity index (χ1) is 12.0. The van der Waals surface area contributed by atoms with Crippen LogP contribution in [0, 0.1) is 0 Å². The third-order valence-electron chi connectivity index (χ3n) is 3.33. The molecule has 2 amide bonds. The molecule has 5 nitrogen and oxygen atoms in total. The average molecular weight is 338 g/mol. The summed E-state index contributed by atoms with van der Waals surface area (Å²) in [5.74, 6) is 0.136. The van der Waals surface area contributed by atoms with Crippen molar-refractivity contribution in [2.24, 2.45) is 0 Å². The maximum absolute atomic E-state index is 12.6. The highest BCUT2D eigenvalue weighted by Crippen LogP contribution is 2.21. The van der Waals surface area contributed by atoms with Gasteiger partial charge in [-0.25, -0.2) is 0 Å². The predicted octanol–water partition coefficient (Wildman–Crippen LogP) is 4.24. The third-order valence-corrected chi connectivity index (χ3v) is 3.33. The molecule has 2 aromatic carbocycles. The van der Waals surface area contributed by atoms with E-state index in [-0.39, 0.29) is 11.8 Å². The van der Waals surface area contributed by atoms with Gasteiger partial charge in [0.1, 0.15) is 12.4 Å². The second-order valence-corrected chi connectivity index (χ2v) is 5.68. The molecule has 0 saturated heterocycles. The summed E-state index contributed by atoms with van der Waals surface area (Å²) in [5.41, 5.74) is 2.53. The number of ether oxygens (including phenoxy) is 1. The van der Waals surface area contributed by atoms with Gasteiger partial charge in [-0.2, -0.15) is 0 Å². The van der Waals surface area contributed by atoms with E-state index in [1.807, 2.05) is 13.0 Å². The molecule has 0 fully saturated rings. The first kappa shape index (κ1) is 18.3. The number of benzene rings is 2. The first-order valence-corrected chi connectivity index (χ1v) is 8.07. The zero-order chi connectivity index (χ0) is 18.2. The average Bonchev–Trinajstić information content (AvgIpc) is 2.60. The van der Waals surface area contributed by atoms with Crippen LogP contribution in [-0.2, 0) is 4.79 Å². The Morgan fingerprint density at radius 3 is 2.40 bits per heavy atom. The Morgan fingerprint density at radius 1 is 1.04 bits per heavy atom. The molecule has 0 saturated carbocycles. The monoisotopic (exact) mass is 338 g/mol. The van der Waals surface area contributed by atoms with Crippen molar-refractivity contribution in [3.63, 3.8) is 0 Å². The van der Waals surface area contributed by atoms with Crippen LogP contribution in [0.4, 0.5) is 11.4 Å². The van der Waals surface area contributed by atoms with Crippen molar-refractivity contribution in [3.8, 4) is 5.75 Å². The summed E-state index contributed by atoms with van der Waals surface area (Å²) in [5, 5.41) is 5.59. The smallest absolute Gasteiger partial charge is 0.259 e. The summed E-state index contributed by atoms with van der Waals surface area (Å²) in [6.07, 6.45) is 0.393. The fourth-order valence-corrected chi connectivity index (χ4v) is 2.10. The Bertz CT molecular complexity index is 784. The maximum atomic E-state index is 12.6. The van der Waals surface area contributed by atoms with Gasteiger partial charge in [-0.1, -0.05) is 31.7 Å². The van der Waals surface area contributed by atoms with Gasteiger partial charge in [0.25, 0.3) is 5.91 Å². The molecule has 2 N–H and O–H groups in total. The zero-order valence-corrected chi connectivity index (χ0v) is 14.5. The summed E-state index contributed by atoms with van der Waals surface area (Å²) in [7, 11) is 0. The van der Waals surface area contributed by atoms with Gasteiger partial charge in [-0.15, -0.1) is 0 Å². The maximum Gasteiger partial charge on any atom is 0.259 e. The van der Waals surface area contributed by atoms with Crippen LogP contribution in [0.3, 0.4) is 0 Å². The molecule has 0 aliphatic heterocycles. The van der Waals surface area contributed by atoms with Gasteiger partial charge in [-0.05, 0) is 42.8 Å². The van der Waals surface area contributed by atoms with E-state index < -0.39 is 0 Å². The lowest BCUT2D eigenvalue weighted by Crippen LogP contribution is -2.14. The normalized spacial score (nSPS) is 10.0. The first-order valence-electron chi connectivity index (χ1n) is 8.07. The number of carbonyl (C=O) groups is 2. The molecule has 130 valence electrons. The van der Waals surface area contributed by atoms with Crippen LogP contribution >= 0.6 is 0 Å². The van der Waals surface area contributed by atoms with Crippen LogP contribution in [-0.4, -0.2) is 18.4 Å². The molecule has 0 aliphatic rings. The molecular formula is C20H22N2O3. The summed E-state index contributed by atoms with van der Waals surface area (Å²) >= 11 is 0. The number of anilines is 2. The van der Waals surface area contributed by atoms with Gasteiger partial charge in [0.15, 0.2) is 0 Å². The molecule has 0 aromatic heterocycles. The van der Waals surface area contributed by atoms with E-state index in [4.69, 9.17) is 4.74 Å². The number of hydrogen-bond acceptors (Lipinski definition) is 3. The van der Waals surface area contributed by atoms with Crippen molar-refractivity contribution < 1.29 is 14.3 Å². The van der Waals surface area contributed by atoms with Crippen molar-refractivity contribution in [1.29, 1.82) is 0 Å². The molecule has 2 aromatic rings. The highest BCUT2D eigenvalue weighted by molar-refractivity contribution is 6.06. The summed E-state index contributed by atoms with van der Waals surface area (Å²) < 4.78 is 5.63. The van der Waals surface area contributed by atoms with Crippen molar-refractivity contribution in [3.05, 3.63) is 66.2 Å². The van der Waals surface area contributed by atoms with Crippen LogP contribution in [0.2, 0.25) is 0 Å². The van der Waals surface area contributed by atoms with Crippen LogP contribution in [0.1, 0.15) is 30.6 Å². The summed E-state index contributed by atoms with van der Waals surface area (Å²) in [6, 6.07) is 14.0. The topological polar surface area (TPSA) is 67.4 Å². The number of nitrogens with one attached hydrogen (secondary N) is 2. The molecular weight excluding hydrogens is 316 g/mol. The van der Waals surface area contributed by atoms with Gasteiger partial charge < -0.3 is 15.4 Å². The van der Waals surface area contributed by atoms with E-state index in [0.29, 0.717) is 35.7 Å². The number of para-hydroxylation sites is 1. The Balaban J connectivity index is 2.13. The Kier molecular flexibility index (Phi) is 6.34. The molecule has 25 heavy (non-hydrogen) atoms. The van der Waals surface area contributed by atoms with E-state index in [2.05, 4.69) is 17.2 Å². The van der Waals surface area contributed by atoms with Gasteiger partial charge in [-0.3, -0.25) is 9.59 Å². The molecule has 2 rings (SSSR count). The van der Waals surface area contributed by atoms with Crippen LogP contribution in [0.5, 0.6) is 5.75 Å². The second-order valence-electron chi connectivity index (χ2n) is 5.68. The van der Waals surface area contributed by atoms with Crippen LogP contribution < -0.4 is 15.4 Å². The van der Waals surface area contributed by atoms with E-state index in [1.54, 1.807) is 49.4 Å². The fourth-order valence-electron chi connectivity index (χ4n) is 2.10. The van der Waals surface area contributed by atoms with Crippen molar-refractivity contribution in [1.82, 2.24) is 0 Å². The number of amides is 2. The molecule has 0 spiro atoms. The highest BCUT2D eigenvalue weighted by Gasteiger charge is 2.13.